The van der Waals surface area contributed by atoms with E-state index in [-0.39, 0.29) is 18.2 Å². The van der Waals surface area contributed by atoms with Crippen LogP contribution in [0.25, 0.3) is 0 Å². The van der Waals surface area contributed by atoms with Crippen molar-refractivity contribution >= 4 is 17.6 Å². The number of nitrogens with two attached hydrogens (primary N) is 1. The predicted molar refractivity (Wildman–Crippen MR) is 40.6 cm³/mol. The summed E-state index contributed by atoms with van der Waals surface area (Å²) in [5.74, 6) is -0.287. The summed E-state index contributed by atoms with van der Waals surface area (Å²) in [5.41, 5.74) is 5.50. The molecule has 0 spiro atoms. The molecule has 0 saturated heterocycles. The normalized spacial score (nSPS) is 15.7. The highest BCUT2D eigenvalue weighted by molar-refractivity contribution is 6.40. The van der Waals surface area contributed by atoms with E-state index in [0.717, 1.165) is 0 Å². The standard InChI is InChI=1S/C6H9N3O2/c1-2-11-5(10)4-3-8-6(7)9-4/h2-3H2,1H3,(H2,7,8). The molecule has 0 atom stereocenters. The van der Waals surface area contributed by atoms with Crippen molar-refractivity contribution in [2.24, 2.45) is 15.7 Å². The molecule has 1 aliphatic rings. The predicted octanol–water partition coefficient (Wildman–Crippen LogP) is -0.681. The second-order valence-corrected chi connectivity index (χ2v) is 1.95. The SMILES string of the molecule is CCOC(=O)C1=NC(N)=NC1. The Kier molecular flexibility index (Phi) is 2.20. The summed E-state index contributed by atoms with van der Waals surface area (Å²) < 4.78 is 4.68. The van der Waals surface area contributed by atoms with Crippen LogP contribution in [-0.2, 0) is 9.53 Å². The molecule has 0 aromatic rings. The maximum Gasteiger partial charge on any atom is 0.354 e. The fourth-order valence-corrected chi connectivity index (χ4v) is 0.689. The summed E-state index contributed by atoms with van der Waals surface area (Å²) in [6.45, 7) is 2.32. The Bertz CT molecular complexity index is 232. The minimum absolute atomic E-state index is 0.146. The number of ether oxygens (including phenoxy) is 1. The first-order valence-corrected chi connectivity index (χ1v) is 3.28. The smallest absolute Gasteiger partial charge is 0.354 e. The molecule has 2 N–H and O–H groups in total. The van der Waals surface area contributed by atoms with Crippen LogP contribution in [0, 0.1) is 0 Å². The molecule has 1 heterocycles. The van der Waals surface area contributed by atoms with Crippen molar-refractivity contribution in [3.8, 4) is 0 Å². The van der Waals surface area contributed by atoms with Gasteiger partial charge in [0.1, 0.15) is 0 Å². The summed E-state index contributed by atoms with van der Waals surface area (Å²) in [4.78, 5) is 18.3. The second kappa shape index (κ2) is 3.14. The average molecular weight is 155 g/mol. The van der Waals surface area contributed by atoms with Crippen molar-refractivity contribution in [2.75, 3.05) is 13.2 Å². The van der Waals surface area contributed by atoms with Crippen molar-refractivity contribution in [3.05, 3.63) is 0 Å². The Balaban J connectivity index is 2.52. The fraction of sp³-hybridized carbons (Fsp3) is 0.500. The lowest BCUT2D eigenvalue weighted by Crippen LogP contribution is -2.18. The van der Waals surface area contributed by atoms with Crippen molar-refractivity contribution in [2.45, 2.75) is 6.92 Å². The Morgan fingerprint density at radius 1 is 1.82 bits per heavy atom. The zero-order valence-corrected chi connectivity index (χ0v) is 6.20. The van der Waals surface area contributed by atoms with Gasteiger partial charge in [-0.25, -0.2) is 14.8 Å². The van der Waals surface area contributed by atoms with Gasteiger partial charge in [-0.15, -0.1) is 0 Å². The average Bonchev–Trinajstić information content (AvgIpc) is 2.36. The maximum absolute atomic E-state index is 10.9. The molecule has 60 valence electrons. The number of nitrogens with zero attached hydrogens (tertiary/aromatic N) is 2. The summed E-state index contributed by atoms with van der Waals surface area (Å²) >= 11 is 0. The fourth-order valence-electron chi connectivity index (χ4n) is 0.689. The summed E-state index contributed by atoms with van der Waals surface area (Å²) in [6, 6.07) is 0. The van der Waals surface area contributed by atoms with E-state index in [1.54, 1.807) is 6.92 Å². The zero-order chi connectivity index (χ0) is 8.27. The topological polar surface area (TPSA) is 77.0 Å². The minimum atomic E-state index is -0.434. The molecule has 1 aliphatic heterocycles. The first-order chi connectivity index (χ1) is 5.24. The summed E-state index contributed by atoms with van der Waals surface area (Å²) in [5, 5.41) is 0. The number of rotatable bonds is 2. The molecule has 1 rings (SSSR count). The van der Waals surface area contributed by atoms with E-state index >= 15 is 0 Å². The van der Waals surface area contributed by atoms with Gasteiger partial charge < -0.3 is 10.5 Å². The molecule has 0 radical (unpaired) electrons. The van der Waals surface area contributed by atoms with E-state index in [2.05, 4.69) is 14.7 Å². The van der Waals surface area contributed by atoms with Crippen LogP contribution in [0.3, 0.4) is 0 Å². The van der Waals surface area contributed by atoms with Gasteiger partial charge in [-0.2, -0.15) is 0 Å². The van der Waals surface area contributed by atoms with Gasteiger partial charge in [0.2, 0.25) is 5.96 Å². The van der Waals surface area contributed by atoms with Gasteiger partial charge in [-0.1, -0.05) is 0 Å². The molecule has 0 unspecified atom stereocenters. The quantitative estimate of drug-likeness (QED) is 0.536. The van der Waals surface area contributed by atoms with E-state index in [4.69, 9.17) is 5.73 Å². The third kappa shape index (κ3) is 1.76. The third-order valence-electron chi connectivity index (χ3n) is 1.15. The van der Waals surface area contributed by atoms with Crippen molar-refractivity contribution in [1.29, 1.82) is 0 Å². The highest BCUT2D eigenvalue weighted by atomic mass is 16.5. The molecule has 0 aromatic carbocycles. The molecular formula is C6H9N3O2. The Labute approximate surface area is 64.0 Å². The van der Waals surface area contributed by atoms with Crippen LogP contribution in [0.5, 0.6) is 0 Å². The highest BCUT2D eigenvalue weighted by Gasteiger charge is 2.16. The van der Waals surface area contributed by atoms with Gasteiger partial charge in [0, 0.05) is 0 Å². The van der Waals surface area contributed by atoms with Crippen molar-refractivity contribution in [1.82, 2.24) is 0 Å². The van der Waals surface area contributed by atoms with Crippen LogP contribution in [0.15, 0.2) is 9.98 Å². The van der Waals surface area contributed by atoms with E-state index in [0.29, 0.717) is 6.61 Å². The molecule has 0 bridgehead atoms. The van der Waals surface area contributed by atoms with Crippen LogP contribution in [0.2, 0.25) is 0 Å². The summed E-state index contributed by atoms with van der Waals surface area (Å²) in [7, 11) is 0. The van der Waals surface area contributed by atoms with E-state index in [9.17, 15) is 4.79 Å². The van der Waals surface area contributed by atoms with Crippen molar-refractivity contribution < 1.29 is 9.53 Å². The van der Waals surface area contributed by atoms with E-state index < -0.39 is 5.97 Å². The molecule has 0 amide bonds. The molecule has 11 heavy (non-hydrogen) atoms. The molecule has 0 fully saturated rings. The third-order valence-corrected chi connectivity index (χ3v) is 1.15. The number of aliphatic imine (C=N–C) groups is 2. The Hall–Kier alpha value is -1.39. The molecule has 5 heteroatoms. The molecule has 0 aliphatic carbocycles. The van der Waals surface area contributed by atoms with Crippen LogP contribution in [-0.4, -0.2) is 30.8 Å². The lowest BCUT2D eigenvalue weighted by Gasteiger charge is -1.97. The maximum atomic E-state index is 10.9. The number of esters is 1. The minimum Gasteiger partial charge on any atom is -0.461 e. The highest BCUT2D eigenvalue weighted by Crippen LogP contribution is 1.94. The number of hydrogen-bond donors (Lipinski definition) is 1. The first kappa shape index (κ1) is 7.71. The monoisotopic (exact) mass is 155 g/mol. The van der Waals surface area contributed by atoms with Crippen LogP contribution in [0.4, 0.5) is 0 Å². The van der Waals surface area contributed by atoms with Gasteiger partial charge in [0.15, 0.2) is 5.71 Å². The molecule has 5 nitrogen and oxygen atoms in total. The first-order valence-electron chi connectivity index (χ1n) is 3.28. The number of hydrogen-bond acceptors (Lipinski definition) is 5. The largest absolute Gasteiger partial charge is 0.461 e. The van der Waals surface area contributed by atoms with E-state index in [1.807, 2.05) is 0 Å². The second-order valence-electron chi connectivity index (χ2n) is 1.95. The summed E-state index contributed by atoms with van der Waals surface area (Å²) in [6.07, 6.45) is 0. The van der Waals surface area contributed by atoms with Gasteiger partial charge >= 0.3 is 5.97 Å². The van der Waals surface area contributed by atoms with E-state index in [1.165, 1.54) is 0 Å². The Morgan fingerprint density at radius 2 is 2.55 bits per heavy atom. The van der Waals surface area contributed by atoms with Crippen molar-refractivity contribution in [3.63, 3.8) is 0 Å². The van der Waals surface area contributed by atoms with Gasteiger partial charge in [0.05, 0.1) is 13.2 Å². The van der Waals surface area contributed by atoms with Gasteiger partial charge in [-0.05, 0) is 6.92 Å². The van der Waals surface area contributed by atoms with Crippen LogP contribution >= 0.6 is 0 Å². The molecule has 0 aromatic heterocycles. The zero-order valence-electron chi connectivity index (χ0n) is 6.20. The number of carbonyl (C=O) groups is 1. The van der Waals surface area contributed by atoms with Crippen LogP contribution < -0.4 is 5.73 Å². The number of guanidine groups is 1. The molecular weight excluding hydrogens is 146 g/mol. The van der Waals surface area contributed by atoms with Gasteiger partial charge in [0.25, 0.3) is 0 Å². The number of carbonyl (C=O) groups excluding carboxylic acids is 1. The van der Waals surface area contributed by atoms with Crippen LogP contribution in [0.1, 0.15) is 6.92 Å². The van der Waals surface area contributed by atoms with Gasteiger partial charge in [-0.3, -0.25) is 0 Å². The Morgan fingerprint density at radius 3 is 3.00 bits per heavy atom. The lowest BCUT2D eigenvalue weighted by atomic mass is 10.4. The molecule has 0 saturated carbocycles. The lowest BCUT2D eigenvalue weighted by molar-refractivity contribution is -0.135.